The minimum atomic E-state index is -1.06. The second-order valence-corrected chi connectivity index (χ2v) is 4.37. The first-order valence-corrected chi connectivity index (χ1v) is 4.15. The molecule has 1 saturated heterocycles. The van der Waals surface area contributed by atoms with Gasteiger partial charge in [-0.25, -0.2) is 4.84 Å². The fourth-order valence-electron chi connectivity index (χ4n) is 1.78. The molecule has 70 valence electrons. The van der Waals surface area contributed by atoms with Gasteiger partial charge in [-0.1, -0.05) is 20.4 Å². The van der Waals surface area contributed by atoms with Gasteiger partial charge in [0.15, 0.2) is 5.79 Å². The second-order valence-electron chi connectivity index (χ2n) is 4.37. The molecular formula is C9H17NO2. The van der Waals surface area contributed by atoms with E-state index in [0.717, 1.165) is 6.54 Å². The average molecular weight is 171 g/mol. The lowest BCUT2D eigenvalue weighted by molar-refractivity contribution is -0.346. The quantitative estimate of drug-likeness (QED) is 0.649. The van der Waals surface area contributed by atoms with Crippen LogP contribution in [0, 0.1) is 5.41 Å². The highest BCUT2D eigenvalue weighted by molar-refractivity contribution is 4.84. The third-order valence-electron chi connectivity index (χ3n) is 1.91. The van der Waals surface area contributed by atoms with Crippen molar-refractivity contribution in [2.75, 3.05) is 6.54 Å². The Balaban J connectivity index is 2.72. The van der Waals surface area contributed by atoms with Crippen LogP contribution in [-0.2, 0) is 4.84 Å². The largest absolute Gasteiger partial charge is 0.364 e. The lowest BCUT2D eigenvalue weighted by atomic mass is 9.84. The van der Waals surface area contributed by atoms with Gasteiger partial charge in [-0.3, -0.25) is 5.06 Å². The monoisotopic (exact) mass is 171 g/mol. The molecule has 3 heteroatoms. The summed E-state index contributed by atoms with van der Waals surface area (Å²) >= 11 is 0. The first-order chi connectivity index (χ1) is 5.35. The van der Waals surface area contributed by atoms with E-state index in [-0.39, 0.29) is 5.41 Å². The van der Waals surface area contributed by atoms with Gasteiger partial charge in [0.05, 0.1) is 6.54 Å². The van der Waals surface area contributed by atoms with Gasteiger partial charge in [0.2, 0.25) is 0 Å². The number of nitrogens with zero attached hydrogens (tertiary/aromatic N) is 1. The van der Waals surface area contributed by atoms with Crippen LogP contribution in [0.3, 0.4) is 0 Å². The highest BCUT2D eigenvalue weighted by atomic mass is 16.8. The summed E-state index contributed by atoms with van der Waals surface area (Å²) in [4.78, 5) is 5.23. The van der Waals surface area contributed by atoms with Crippen molar-refractivity contribution in [3.8, 4) is 0 Å². The molecule has 0 aliphatic carbocycles. The Labute approximate surface area is 73.6 Å². The molecule has 1 aliphatic rings. The van der Waals surface area contributed by atoms with Gasteiger partial charge in [-0.2, -0.15) is 0 Å². The number of hydroxylamine groups is 2. The molecule has 12 heavy (non-hydrogen) atoms. The van der Waals surface area contributed by atoms with Crippen LogP contribution in [-0.4, -0.2) is 22.5 Å². The summed E-state index contributed by atoms with van der Waals surface area (Å²) in [5, 5.41) is 11.3. The fourth-order valence-corrected chi connectivity index (χ4v) is 1.78. The number of hydrogen-bond acceptors (Lipinski definition) is 3. The molecule has 1 heterocycles. The van der Waals surface area contributed by atoms with E-state index in [1.54, 1.807) is 18.2 Å². The van der Waals surface area contributed by atoms with Crippen molar-refractivity contribution < 1.29 is 9.94 Å². The van der Waals surface area contributed by atoms with E-state index >= 15 is 0 Å². The minimum absolute atomic E-state index is 0.0654. The zero-order valence-corrected chi connectivity index (χ0v) is 8.00. The number of aliphatic hydroxyl groups is 1. The normalized spacial score (nSPS) is 34.8. The molecule has 0 spiro atoms. The lowest BCUT2D eigenvalue weighted by Gasteiger charge is -2.44. The van der Waals surface area contributed by atoms with Crippen LogP contribution in [0.5, 0.6) is 0 Å². The Morgan fingerprint density at radius 1 is 1.50 bits per heavy atom. The Morgan fingerprint density at radius 3 is 2.50 bits per heavy atom. The molecular weight excluding hydrogens is 154 g/mol. The third-order valence-corrected chi connectivity index (χ3v) is 1.91. The summed E-state index contributed by atoms with van der Waals surface area (Å²) in [7, 11) is 0. The molecule has 1 fully saturated rings. The first kappa shape index (κ1) is 9.55. The summed E-state index contributed by atoms with van der Waals surface area (Å²) in [6, 6.07) is 0. The van der Waals surface area contributed by atoms with Gasteiger partial charge in [0.1, 0.15) is 0 Å². The average Bonchev–Trinajstić information content (AvgIpc) is 1.80. The van der Waals surface area contributed by atoms with Gasteiger partial charge in [0.25, 0.3) is 0 Å². The molecule has 0 aromatic heterocycles. The van der Waals surface area contributed by atoms with E-state index in [0.29, 0.717) is 6.42 Å². The zero-order valence-electron chi connectivity index (χ0n) is 8.00. The smallest absolute Gasteiger partial charge is 0.189 e. The van der Waals surface area contributed by atoms with Crippen molar-refractivity contribution in [3.05, 3.63) is 12.8 Å². The SMILES string of the molecule is C=CN1CC(C)(C)CC(C)(O)O1. The predicted octanol–water partition coefficient (Wildman–Crippen LogP) is 1.50. The Bertz CT molecular complexity index is 171. The van der Waals surface area contributed by atoms with Gasteiger partial charge >= 0.3 is 0 Å². The minimum Gasteiger partial charge on any atom is -0.364 e. The van der Waals surface area contributed by atoms with Crippen LogP contribution in [0.1, 0.15) is 27.2 Å². The molecule has 1 N–H and O–H groups in total. The van der Waals surface area contributed by atoms with E-state index in [9.17, 15) is 5.11 Å². The topological polar surface area (TPSA) is 32.7 Å². The molecule has 0 aromatic rings. The summed E-state index contributed by atoms with van der Waals surface area (Å²) in [5.41, 5.74) is 0.0654. The van der Waals surface area contributed by atoms with Crippen molar-refractivity contribution in [1.29, 1.82) is 0 Å². The van der Waals surface area contributed by atoms with Crippen LogP contribution in [0.15, 0.2) is 12.8 Å². The molecule has 0 bridgehead atoms. The molecule has 0 radical (unpaired) electrons. The van der Waals surface area contributed by atoms with E-state index in [2.05, 4.69) is 20.4 Å². The zero-order chi connectivity index (χ0) is 9.41. The molecule has 1 atom stereocenters. The van der Waals surface area contributed by atoms with Gasteiger partial charge in [-0.05, 0) is 12.3 Å². The molecule has 1 aliphatic heterocycles. The van der Waals surface area contributed by atoms with Crippen molar-refractivity contribution in [3.63, 3.8) is 0 Å². The third kappa shape index (κ3) is 2.22. The highest BCUT2D eigenvalue weighted by Gasteiger charge is 2.39. The second kappa shape index (κ2) is 2.75. The van der Waals surface area contributed by atoms with Crippen molar-refractivity contribution >= 4 is 0 Å². The molecule has 1 rings (SSSR count). The maximum Gasteiger partial charge on any atom is 0.189 e. The molecule has 1 unspecified atom stereocenters. The van der Waals surface area contributed by atoms with E-state index in [4.69, 9.17) is 4.84 Å². The van der Waals surface area contributed by atoms with Crippen LogP contribution < -0.4 is 0 Å². The van der Waals surface area contributed by atoms with Crippen molar-refractivity contribution in [1.82, 2.24) is 5.06 Å². The molecule has 0 amide bonds. The maximum absolute atomic E-state index is 9.70. The maximum atomic E-state index is 9.70. The van der Waals surface area contributed by atoms with E-state index in [1.165, 1.54) is 0 Å². The van der Waals surface area contributed by atoms with E-state index < -0.39 is 5.79 Å². The van der Waals surface area contributed by atoms with Crippen LogP contribution >= 0.6 is 0 Å². The van der Waals surface area contributed by atoms with Crippen molar-refractivity contribution in [2.45, 2.75) is 33.0 Å². The van der Waals surface area contributed by atoms with E-state index in [1.807, 2.05) is 0 Å². The van der Waals surface area contributed by atoms with Crippen LogP contribution in [0.2, 0.25) is 0 Å². The van der Waals surface area contributed by atoms with Crippen LogP contribution in [0.4, 0.5) is 0 Å². The van der Waals surface area contributed by atoms with Gasteiger partial charge in [0, 0.05) is 12.6 Å². The lowest BCUT2D eigenvalue weighted by Crippen LogP contribution is -2.49. The molecule has 0 saturated carbocycles. The van der Waals surface area contributed by atoms with Crippen LogP contribution in [0.25, 0.3) is 0 Å². The van der Waals surface area contributed by atoms with Crippen molar-refractivity contribution in [2.24, 2.45) is 5.41 Å². The standard InChI is InChI=1S/C9H17NO2/c1-5-10-7-8(2,3)6-9(4,11)12-10/h5,11H,1,6-7H2,2-4H3. The summed E-state index contributed by atoms with van der Waals surface area (Å²) in [5.74, 6) is -1.06. The Kier molecular flexibility index (Phi) is 2.19. The first-order valence-electron chi connectivity index (χ1n) is 4.15. The summed E-state index contributed by atoms with van der Waals surface area (Å²) in [6.07, 6.45) is 2.24. The number of rotatable bonds is 1. The molecule has 0 aromatic carbocycles. The predicted molar refractivity (Wildman–Crippen MR) is 47.0 cm³/mol. The highest BCUT2D eigenvalue weighted by Crippen LogP contribution is 2.35. The fraction of sp³-hybridized carbons (Fsp3) is 0.778. The summed E-state index contributed by atoms with van der Waals surface area (Å²) < 4.78 is 0. The summed E-state index contributed by atoms with van der Waals surface area (Å²) in [6.45, 7) is 10.2. The molecule has 3 nitrogen and oxygen atoms in total. The van der Waals surface area contributed by atoms with Gasteiger partial charge < -0.3 is 5.11 Å². The van der Waals surface area contributed by atoms with Gasteiger partial charge in [-0.15, -0.1) is 0 Å². The Morgan fingerprint density at radius 2 is 2.08 bits per heavy atom. The Hall–Kier alpha value is -0.540. The number of hydrogen-bond donors (Lipinski definition) is 1.